The van der Waals surface area contributed by atoms with Crippen LogP contribution in [0.5, 0.6) is 0 Å². The summed E-state index contributed by atoms with van der Waals surface area (Å²) in [5.74, 6) is 1.31. The maximum Gasteiger partial charge on any atom is 0.317 e. The number of hydrogen-bond acceptors (Lipinski definition) is 3. The number of nitrogens with one attached hydrogen (secondary N) is 1. The molecule has 1 saturated heterocycles. The van der Waals surface area contributed by atoms with Crippen LogP contribution in [0.1, 0.15) is 30.9 Å². The SMILES string of the molecule is CSCCCNC(=O)N1CCC(C(O)c2ccccc2)CC1. The molecule has 0 radical (unpaired) electrons. The molecule has 1 aliphatic rings. The summed E-state index contributed by atoms with van der Waals surface area (Å²) in [6.45, 7) is 2.19. The Kier molecular flexibility index (Phi) is 7.06. The van der Waals surface area contributed by atoms with Gasteiger partial charge in [-0.1, -0.05) is 30.3 Å². The minimum atomic E-state index is -0.423. The van der Waals surface area contributed by atoms with E-state index in [9.17, 15) is 9.90 Å². The molecule has 0 saturated carbocycles. The fourth-order valence-electron chi connectivity index (χ4n) is 2.86. The Bertz CT molecular complexity index is 447. The highest BCUT2D eigenvalue weighted by molar-refractivity contribution is 7.98. The van der Waals surface area contributed by atoms with Gasteiger partial charge in [0.25, 0.3) is 0 Å². The number of thioether (sulfide) groups is 1. The van der Waals surface area contributed by atoms with Crippen LogP contribution in [-0.4, -0.2) is 47.7 Å². The molecule has 1 aliphatic heterocycles. The number of nitrogens with zero attached hydrogens (tertiary/aromatic N) is 1. The predicted molar refractivity (Wildman–Crippen MR) is 92.1 cm³/mol. The van der Waals surface area contributed by atoms with Gasteiger partial charge in [-0.25, -0.2) is 4.79 Å². The second-order valence-electron chi connectivity index (χ2n) is 5.76. The number of benzene rings is 1. The summed E-state index contributed by atoms with van der Waals surface area (Å²) in [5.41, 5.74) is 0.975. The first-order chi connectivity index (χ1) is 10.7. The number of aliphatic hydroxyl groups excluding tert-OH is 1. The van der Waals surface area contributed by atoms with Gasteiger partial charge in [0.15, 0.2) is 0 Å². The molecule has 122 valence electrons. The summed E-state index contributed by atoms with van der Waals surface area (Å²) in [4.78, 5) is 13.9. The predicted octanol–water partition coefficient (Wildman–Crippen LogP) is 2.89. The first-order valence-electron chi connectivity index (χ1n) is 7.97. The molecule has 4 nitrogen and oxygen atoms in total. The fraction of sp³-hybridized carbons (Fsp3) is 0.588. The quantitative estimate of drug-likeness (QED) is 0.792. The van der Waals surface area contributed by atoms with E-state index in [1.165, 1.54) is 0 Å². The molecule has 2 N–H and O–H groups in total. The molecule has 1 aromatic rings. The monoisotopic (exact) mass is 322 g/mol. The average Bonchev–Trinajstić information content (AvgIpc) is 2.59. The van der Waals surface area contributed by atoms with Crippen molar-refractivity contribution in [1.29, 1.82) is 0 Å². The molecule has 2 amide bonds. The molecule has 0 aliphatic carbocycles. The molecule has 5 heteroatoms. The van der Waals surface area contributed by atoms with E-state index in [4.69, 9.17) is 0 Å². The lowest BCUT2D eigenvalue weighted by Gasteiger charge is -2.34. The van der Waals surface area contributed by atoms with E-state index < -0.39 is 6.10 Å². The zero-order valence-corrected chi connectivity index (χ0v) is 14.0. The van der Waals surface area contributed by atoms with E-state index in [0.717, 1.165) is 50.2 Å². The van der Waals surface area contributed by atoms with Crippen LogP contribution in [0.25, 0.3) is 0 Å². The van der Waals surface area contributed by atoms with E-state index in [1.807, 2.05) is 35.2 Å². The Balaban J connectivity index is 1.74. The van der Waals surface area contributed by atoms with Crippen molar-refractivity contribution in [3.05, 3.63) is 35.9 Å². The van der Waals surface area contributed by atoms with Gasteiger partial charge in [-0.3, -0.25) is 0 Å². The largest absolute Gasteiger partial charge is 0.388 e. The lowest BCUT2D eigenvalue weighted by Crippen LogP contribution is -2.45. The molecular formula is C17H26N2O2S. The van der Waals surface area contributed by atoms with Gasteiger partial charge in [-0.2, -0.15) is 11.8 Å². The normalized spacial score (nSPS) is 17.3. The maximum atomic E-state index is 12.1. The van der Waals surface area contributed by atoms with Crippen LogP contribution >= 0.6 is 11.8 Å². The smallest absolute Gasteiger partial charge is 0.317 e. The van der Waals surface area contributed by atoms with E-state index in [1.54, 1.807) is 11.8 Å². The number of amides is 2. The summed E-state index contributed by atoms with van der Waals surface area (Å²) in [7, 11) is 0. The molecule has 0 aromatic heterocycles. The van der Waals surface area contributed by atoms with Gasteiger partial charge >= 0.3 is 6.03 Å². The second-order valence-corrected chi connectivity index (χ2v) is 6.74. The average molecular weight is 322 g/mol. The molecule has 1 unspecified atom stereocenters. The third kappa shape index (κ3) is 4.92. The van der Waals surface area contributed by atoms with Crippen molar-refractivity contribution in [3.63, 3.8) is 0 Å². The van der Waals surface area contributed by atoms with Gasteiger partial charge in [0, 0.05) is 19.6 Å². The molecule has 0 bridgehead atoms. The van der Waals surface area contributed by atoms with E-state index in [2.05, 4.69) is 11.6 Å². The summed E-state index contributed by atoms with van der Waals surface area (Å²) < 4.78 is 0. The van der Waals surface area contributed by atoms with E-state index >= 15 is 0 Å². The first-order valence-corrected chi connectivity index (χ1v) is 9.36. The van der Waals surface area contributed by atoms with Crippen molar-refractivity contribution < 1.29 is 9.90 Å². The van der Waals surface area contributed by atoms with Crippen LogP contribution < -0.4 is 5.32 Å². The fourth-order valence-corrected chi connectivity index (χ4v) is 3.30. The molecular weight excluding hydrogens is 296 g/mol. The van der Waals surface area contributed by atoms with Crippen molar-refractivity contribution in [2.45, 2.75) is 25.4 Å². The maximum absolute atomic E-state index is 12.1. The number of hydrogen-bond donors (Lipinski definition) is 2. The molecule has 1 heterocycles. The van der Waals surface area contributed by atoms with Crippen molar-refractivity contribution in [2.75, 3.05) is 31.6 Å². The van der Waals surface area contributed by atoms with E-state index in [-0.39, 0.29) is 11.9 Å². The highest BCUT2D eigenvalue weighted by Gasteiger charge is 2.27. The summed E-state index contributed by atoms with van der Waals surface area (Å²) in [6, 6.07) is 9.84. The van der Waals surface area contributed by atoms with Crippen LogP contribution in [0.3, 0.4) is 0 Å². The van der Waals surface area contributed by atoms with Gasteiger partial charge in [0.1, 0.15) is 0 Å². The third-order valence-electron chi connectivity index (χ3n) is 4.22. The Hall–Kier alpha value is -1.20. The Morgan fingerprint density at radius 2 is 2.05 bits per heavy atom. The van der Waals surface area contributed by atoms with Crippen molar-refractivity contribution in [3.8, 4) is 0 Å². The van der Waals surface area contributed by atoms with Crippen LogP contribution in [0, 0.1) is 5.92 Å². The Morgan fingerprint density at radius 1 is 1.36 bits per heavy atom. The molecule has 1 aromatic carbocycles. The summed E-state index contributed by atoms with van der Waals surface area (Å²) >= 11 is 1.80. The van der Waals surface area contributed by atoms with Gasteiger partial charge < -0.3 is 15.3 Å². The highest BCUT2D eigenvalue weighted by Crippen LogP contribution is 2.30. The van der Waals surface area contributed by atoms with Crippen LogP contribution in [-0.2, 0) is 0 Å². The number of carbonyl (C=O) groups excluding carboxylic acids is 1. The zero-order chi connectivity index (χ0) is 15.8. The highest BCUT2D eigenvalue weighted by atomic mass is 32.2. The lowest BCUT2D eigenvalue weighted by atomic mass is 9.87. The number of likely N-dealkylation sites (tertiary alicyclic amines) is 1. The molecule has 0 spiro atoms. The first kappa shape index (κ1) is 17.2. The Labute approximate surface area is 137 Å². The minimum absolute atomic E-state index is 0.0359. The molecule has 2 rings (SSSR count). The molecule has 1 fully saturated rings. The number of carbonyl (C=O) groups is 1. The van der Waals surface area contributed by atoms with Gasteiger partial charge in [-0.05, 0) is 42.8 Å². The van der Waals surface area contributed by atoms with Crippen LogP contribution in [0.4, 0.5) is 4.79 Å². The number of urea groups is 1. The van der Waals surface area contributed by atoms with Crippen molar-refractivity contribution in [1.82, 2.24) is 10.2 Å². The summed E-state index contributed by atoms with van der Waals surface area (Å²) in [6.07, 6.45) is 4.37. The minimum Gasteiger partial charge on any atom is -0.388 e. The van der Waals surface area contributed by atoms with Gasteiger partial charge in [0.2, 0.25) is 0 Å². The number of piperidine rings is 1. The Morgan fingerprint density at radius 3 is 2.68 bits per heavy atom. The van der Waals surface area contributed by atoms with Crippen molar-refractivity contribution >= 4 is 17.8 Å². The standard InChI is InChI=1S/C17H26N2O2S/c1-22-13-5-10-18-17(21)19-11-8-15(9-12-19)16(20)14-6-3-2-4-7-14/h2-4,6-7,15-16,20H,5,8-13H2,1H3,(H,18,21). The second kappa shape index (κ2) is 9.06. The third-order valence-corrected chi connectivity index (χ3v) is 4.91. The topological polar surface area (TPSA) is 52.6 Å². The lowest BCUT2D eigenvalue weighted by molar-refractivity contribution is 0.0666. The van der Waals surface area contributed by atoms with E-state index in [0.29, 0.717) is 0 Å². The van der Waals surface area contributed by atoms with Gasteiger partial charge in [0.05, 0.1) is 6.10 Å². The van der Waals surface area contributed by atoms with Crippen LogP contribution in [0.15, 0.2) is 30.3 Å². The van der Waals surface area contributed by atoms with Crippen molar-refractivity contribution in [2.24, 2.45) is 5.92 Å². The number of aliphatic hydroxyl groups is 1. The van der Waals surface area contributed by atoms with Crippen LogP contribution in [0.2, 0.25) is 0 Å². The zero-order valence-electron chi connectivity index (χ0n) is 13.2. The summed E-state index contributed by atoms with van der Waals surface area (Å²) in [5, 5.41) is 13.4. The number of rotatable bonds is 6. The molecule has 22 heavy (non-hydrogen) atoms. The molecule has 1 atom stereocenters. The van der Waals surface area contributed by atoms with Gasteiger partial charge in [-0.15, -0.1) is 0 Å².